The number of nitro groups is 2. The van der Waals surface area contributed by atoms with Gasteiger partial charge in [0.2, 0.25) is 15.9 Å². The van der Waals surface area contributed by atoms with Crippen LogP contribution in [0.3, 0.4) is 0 Å². The zero-order chi connectivity index (χ0) is 41.1. The monoisotopic (exact) mass is 788 g/mol. The Labute approximate surface area is 325 Å². The molecule has 2 aromatic heterocycles. The molecule has 2 N–H and O–H groups in total. The standard InChI is InChI=1S/C40H48N6O9S/c1-22-15-23(2)17-26(16-22)34-33(24(3)20-41-56(53,54)31-14-13-28(45(49)50)18-30(31)46(51)52)29-19-32(42-36(35(29)43-34)37(47)55-39(4,5)6)40(7,8)38(48)44-21-25-9-11-27(44)12-10-25/h13-19,24-25,27,41,43H,9-12,20-21H2,1-8H3/t24-,25?,27?/m1/s1. The van der Waals surface area contributed by atoms with Crippen LogP contribution in [0.1, 0.15) is 106 Å². The van der Waals surface area contributed by atoms with E-state index in [1.165, 1.54) is 0 Å². The number of benzene rings is 2. The number of piperidine rings is 2. The van der Waals surface area contributed by atoms with Crippen molar-refractivity contribution in [2.24, 2.45) is 5.92 Å². The molecule has 4 heterocycles. The fourth-order valence-corrected chi connectivity index (χ4v) is 9.33. The van der Waals surface area contributed by atoms with Crippen molar-refractivity contribution in [2.75, 3.05) is 13.1 Å². The van der Waals surface area contributed by atoms with Crippen molar-refractivity contribution >= 4 is 44.2 Å². The third kappa shape index (κ3) is 7.89. The number of fused-ring (bicyclic) bond motifs is 4. The van der Waals surface area contributed by atoms with E-state index in [4.69, 9.17) is 9.72 Å². The molecule has 2 aliphatic heterocycles. The molecule has 0 radical (unpaired) electrons. The number of amides is 1. The summed E-state index contributed by atoms with van der Waals surface area (Å²) in [7, 11) is -4.57. The van der Waals surface area contributed by atoms with E-state index in [9.17, 15) is 38.2 Å². The van der Waals surface area contributed by atoms with Gasteiger partial charge in [0.15, 0.2) is 10.6 Å². The number of aromatic nitrogens is 2. The molecular formula is C40H48N6O9S. The quantitative estimate of drug-likeness (QED) is 0.0875. The Kier molecular flexibility index (Phi) is 10.6. The first kappa shape index (κ1) is 40.4. The summed E-state index contributed by atoms with van der Waals surface area (Å²) >= 11 is 0. The van der Waals surface area contributed by atoms with E-state index in [2.05, 4.69) is 9.71 Å². The number of non-ortho nitro benzene ring substituents is 1. The number of hydrogen-bond donors (Lipinski definition) is 2. The van der Waals surface area contributed by atoms with Gasteiger partial charge in [-0.15, -0.1) is 0 Å². The number of nitrogens with one attached hydrogen (secondary N) is 2. The first-order valence-corrected chi connectivity index (χ1v) is 20.2. The highest BCUT2D eigenvalue weighted by molar-refractivity contribution is 7.89. The van der Waals surface area contributed by atoms with Crippen LogP contribution in [0.25, 0.3) is 22.2 Å². The van der Waals surface area contributed by atoms with Crippen LogP contribution in [0.2, 0.25) is 0 Å². The summed E-state index contributed by atoms with van der Waals surface area (Å²) in [5.74, 6) is -1.000. The molecule has 3 fully saturated rings. The lowest BCUT2D eigenvalue weighted by Crippen LogP contribution is -2.55. The lowest BCUT2D eigenvalue weighted by Gasteiger charge is -2.47. The number of esters is 1. The fourth-order valence-electron chi connectivity index (χ4n) is 8.05. The zero-order valence-electron chi connectivity index (χ0n) is 32.9. The maximum absolute atomic E-state index is 14.5. The second-order valence-corrected chi connectivity index (χ2v) is 18.5. The molecule has 4 aromatic rings. The van der Waals surface area contributed by atoms with Gasteiger partial charge in [-0.2, -0.15) is 0 Å². The Morgan fingerprint density at radius 1 is 0.982 bits per heavy atom. The van der Waals surface area contributed by atoms with Crippen molar-refractivity contribution < 1.29 is 32.6 Å². The molecule has 56 heavy (non-hydrogen) atoms. The van der Waals surface area contributed by atoms with Crippen LogP contribution in [0.15, 0.2) is 47.4 Å². The van der Waals surface area contributed by atoms with Gasteiger partial charge in [-0.3, -0.25) is 25.0 Å². The predicted molar refractivity (Wildman–Crippen MR) is 210 cm³/mol. The van der Waals surface area contributed by atoms with Crippen molar-refractivity contribution in [1.29, 1.82) is 0 Å². The van der Waals surface area contributed by atoms with Crippen molar-refractivity contribution in [1.82, 2.24) is 19.6 Å². The first-order valence-electron chi connectivity index (χ1n) is 18.7. The van der Waals surface area contributed by atoms with Gasteiger partial charge >= 0.3 is 5.97 Å². The summed E-state index contributed by atoms with van der Waals surface area (Å²) < 4.78 is 35.6. The summed E-state index contributed by atoms with van der Waals surface area (Å²) in [5.41, 5.74) is 0.912. The Morgan fingerprint density at radius 3 is 2.18 bits per heavy atom. The van der Waals surface area contributed by atoms with Crippen molar-refractivity contribution in [3.8, 4) is 11.3 Å². The zero-order valence-corrected chi connectivity index (χ0v) is 33.7. The summed E-state index contributed by atoms with van der Waals surface area (Å²) in [6, 6.07) is 10.2. The summed E-state index contributed by atoms with van der Waals surface area (Å²) in [6.07, 6.45) is 4.07. The Bertz CT molecular complexity index is 2350. The molecular weight excluding hydrogens is 741 g/mol. The molecule has 3 aliphatic rings. The fraction of sp³-hybridized carbons (Fsp3) is 0.475. The molecule has 298 valence electrons. The van der Waals surface area contributed by atoms with Crippen molar-refractivity contribution in [3.63, 3.8) is 0 Å². The van der Waals surface area contributed by atoms with Crippen molar-refractivity contribution in [3.05, 3.63) is 90.8 Å². The number of carbonyl (C=O) groups is 2. The molecule has 7 rings (SSSR count). The van der Waals surface area contributed by atoms with E-state index in [1.54, 1.807) is 47.6 Å². The maximum atomic E-state index is 14.5. The van der Waals surface area contributed by atoms with Gasteiger partial charge < -0.3 is 14.6 Å². The topological polar surface area (TPSA) is 208 Å². The van der Waals surface area contributed by atoms with Gasteiger partial charge in [0.25, 0.3) is 11.4 Å². The first-order chi connectivity index (χ1) is 26.1. The van der Waals surface area contributed by atoms with Crippen LogP contribution >= 0.6 is 0 Å². The SMILES string of the molecule is Cc1cc(C)cc(-c2[nH]c3c(C(=O)OC(C)(C)C)nc(C(C)(C)C(=O)N4CC5CCC4CC5)cc3c2[C@H](C)CNS(=O)(=O)c2ccc([N+](=O)[O-])cc2[N+](=O)[O-])c1. The number of ether oxygens (including phenoxy) is 1. The van der Waals surface area contributed by atoms with Gasteiger partial charge in [-0.05, 0) is 121 Å². The number of aromatic amines is 1. The minimum absolute atomic E-state index is 0.0281. The van der Waals surface area contributed by atoms with E-state index in [-0.39, 0.29) is 24.2 Å². The predicted octanol–water partition coefficient (Wildman–Crippen LogP) is 7.38. The number of H-pyrrole nitrogens is 1. The summed E-state index contributed by atoms with van der Waals surface area (Å²) in [6.45, 7) is 14.9. The van der Waals surface area contributed by atoms with Gasteiger partial charge in [-0.25, -0.2) is 22.9 Å². The minimum atomic E-state index is -4.57. The van der Waals surface area contributed by atoms with Crippen molar-refractivity contribution in [2.45, 2.75) is 109 Å². The number of nitrogens with zero attached hydrogens (tertiary/aromatic N) is 4. The molecule has 15 nitrogen and oxygen atoms in total. The number of pyridine rings is 1. The van der Waals surface area contributed by atoms with Crippen LogP contribution < -0.4 is 4.72 Å². The maximum Gasteiger partial charge on any atom is 0.359 e. The largest absolute Gasteiger partial charge is 0.455 e. The smallest absolute Gasteiger partial charge is 0.359 e. The summed E-state index contributed by atoms with van der Waals surface area (Å²) in [5, 5.41) is 23.7. The van der Waals surface area contributed by atoms with Crippen LogP contribution in [0, 0.1) is 40.0 Å². The number of hydrogen-bond acceptors (Lipinski definition) is 10. The Hall–Kier alpha value is -5.22. The molecule has 2 aromatic carbocycles. The second-order valence-electron chi connectivity index (χ2n) is 16.7. The summed E-state index contributed by atoms with van der Waals surface area (Å²) in [4.78, 5) is 59.4. The normalized spacial score (nSPS) is 17.9. The molecule has 2 saturated heterocycles. The lowest BCUT2D eigenvalue weighted by molar-refractivity contribution is -0.396. The van der Waals surface area contributed by atoms with Gasteiger partial charge in [-0.1, -0.05) is 24.1 Å². The van der Waals surface area contributed by atoms with Crippen LogP contribution in [-0.4, -0.2) is 69.7 Å². The number of carbonyl (C=O) groups excluding carboxylic acids is 2. The third-order valence-corrected chi connectivity index (χ3v) is 12.3. The van der Waals surface area contributed by atoms with Gasteiger partial charge in [0, 0.05) is 30.6 Å². The van der Waals surface area contributed by atoms with Crippen LogP contribution in [0.5, 0.6) is 0 Å². The van der Waals surface area contributed by atoms with Gasteiger partial charge in [0.05, 0.1) is 38.2 Å². The highest BCUT2D eigenvalue weighted by atomic mass is 32.2. The van der Waals surface area contributed by atoms with E-state index < -0.39 is 59.0 Å². The number of rotatable bonds is 11. The van der Waals surface area contributed by atoms with E-state index >= 15 is 0 Å². The number of aryl methyl sites for hydroxylation is 2. The van der Waals surface area contributed by atoms with E-state index in [1.807, 2.05) is 36.9 Å². The molecule has 16 heteroatoms. The molecule has 1 aliphatic carbocycles. The Balaban J connectivity index is 1.51. The highest BCUT2D eigenvalue weighted by Crippen LogP contribution is 2.42. The highest BCUT2D eigenvalue weighted by Gasteiger charge is 2.44. The molecule has 1 atom stereocenters. The Morgan fingerprint density at radius 2 is 1.62 bits per heavy atom. The van der Waals surface area contributed by atoms with Crippen LogP contribution in [-0.2, 0) is 25.0 Å². The molecule has 1 saturated carbocycles. The molecule has 0 unspecified atom stereocenters. The minimum Gasteiger partial charge on any atom is -0.455 e. The van der Waals surface area contributed by atoms with E-state index in [0.717, 1.165) is 54.5 Å². The average molecular weight is 789 g/mol. The molecule has 0 spiro atoms. The third-order valence-electron chi connectivity index (χ3n) is 10.8. The number of nitro benzene ring substituents is 2. The molecule has 2 bridgehead atoms. The lowest BCUT2D eigenvalue weighted by atomic mass is 9.77. The average Bonchev–Trinajstić information content (AvgIpc) is 3.52. The molecule has 1 amide bonds. The second kappa shape index (κ2) is 14.7. The van der Waals surface area contributed by atoms with E-state index in [0.29, 0.717) is 46.4 Å². The van der Waals surface area contributed by atoms with Gasteiger partial charge in [0.1, 0.15) is 5.60 Å². The van der Waals surface area contributed by atoms with Crippen LogP contribution in [0.4, 0.5) is 11.4 Å². The number of sulfonamides is 1.